The Morgan fingerprint density at radius 3 is 2.54 bits per heavy atom. The van der Waals surface area contributed by atoms with Crippen LogP contribution in [0.15, 0.2) is 48.5 Å². The predicted molar refractivity (Wildman–Crippen MR) is 99.8 cm³/mol. The maximum Gasteiger partial charge on any atom is 0.246 e. The van der Waals surface area contributed by atoms with Gasteiger partial charge in [-0.3, -0.25) is 4.79 Å². The third kappa shape index (κ3) is 4.16. The lowest BCUT2D eigenvalue weighted by Crippen LogP contribution is -2.35. The third-order valence-electron chi connectivity index (χ3n) is 4.65. The predicted octanol–water partition coefficient (Wildman–Crippen LogP) is 2.68. The highest BCUT2D eigenvalue weighted by molar-refractivity contribution is 5.76. The lowest BCUT2D eigenvalue weighted by atomic mass is 10.2. The van der Waals surface area contributed by atoms with Crippen LogP contribution in [0.5, 0.6) is 5.75 Å². The average molecular weight is 381 g/mol. The van der Waals surface area contributed by atoms with Crippen LogP contribution in [-0.2, 0) is 17.9 Å². The molecule has 2 aromatic carbocycles. The number of hydrogen-bond donors (Lipinski definition) is 0. The topological polar surface area (TPSA) is 73.1 Å². The zero-order valence-electron chi connectivity index (χ0n) is 15.5. The van der Waals surface area contributed by atoms with E-state index in [0.717, 1.165) is 24.2 Å². The Morgan fingerprint density at radius 2 is 1.89 bits per heavy atom. The van der Waals surface area contributed by atoms with Gasteiger partial charge in [-0.15, -0.1) is 10.2 Å². The van der Waals surface area contributed by atoms with E-state index >= 15 is 0 Å². The van der Waals surface area contributed by atoms with Crippen molar-refractivity contribution in [2.45, 2.75) is 32.0 Å². The number of methoxy groups -OCH3 is 1. The Labute approximate surface area is 161 Å². The maximum absolute atomic E-state index is 13.1. The Balaban J connectivity index is 1.44. The molecule has 1 aliphatic rings. The standard InChI is InChI=1S/C20H20FN5O2/c1-28-18-10-2-14(3-11-18)12-25(17-8-9-17)19(27)13-26-23-20(22-24-26)15-4-6-16(21)7-5-15/h2-7,10-11,17H,8-9,12-13H2,1H3. The molecule has 0 N–H and O–H groups in total. The quantitative estimate of drug-likeness (QED) is 0.629. The Hall–Kier alpha value is -3.29. The van der Waals surface area contributed by atoms with Gasteiger partial charge in [0.15, 0.2) is 0 Å². The first-order valence-corrected chi connectivity index (χ1v) is 9.08. The molecule has 7 nitrogen and oxygen atoms in total. The van der Waals surface area contributed by atoms with Gasteiger partial charge in [-0.1, -0.05) is 12.1 Å². The first kappa shape index (κ1) is 18.1. The number of carbonyl (C=O) groups is 1. The van der Waals surface area contributed by atoms with E-state index in [0.29, 0.717) is 17.9 Å². The lowest BCUT2D eigenvalue weighted by molar-refractivity contribution is -0.133. The Morgan fingerprint density at radius 1 is 1.18 bits per heavy atom. The van der Waals surface area contributed by atoms with Crippen LogP contribution in [0.1, 0.15) is 18.4 Å². The highest BCUT2D eigenvalue weighted by Gasteiger charge is 2.32. The first-order valence-electron chi connectivity index (χ1n) is 9.08. The van der Waals surface area contributed by atoms with E-state index in [1.807, 2.05) is 29.2 Å². The molecule has 4 rings (SSSR count). The summed E-state index contributed by atoms with van der Waals surface area (Å²) in [6.07, 6.45) is 2.01. The minimum Gasteiger partial charge on any atom is -0.497 e. The highest BCUT2D eigenvalue weighted by Crippen LogP contribution is 2.29. The molecule has 0 atom stereocenters. The summed E-state index contributed by atoms with van der Waals surface area (Å²) < 4.78 is 18.2. The number of nitrogens with zero attached hydrogens (tertiary/aromatic N) is 5. The van der Waals surface area contributed by atoms with Gasteiger partial charge in [0.25, 0.3) is 0 Å². The fourth-order valence-corrected chi connectivity index (χ4v) is 2.97. The smallest absolute Gasteiger partial charge is 0.246 e. The van der Waals surface area contributed by atoms with Crippen molar-refractivity contribution in [1.29, 1.82) is 0 Å². The van der Waals surface area contributed by atoms with Crippen molar-refractivity contribution in [3.8, 4) is 17.1 Å². The largest absolute Gasteiger partial charge is 0.497 e. The van der Waals surface area contributed by atoms with Crippen LogP contribution in [0, 0.1) is 5.82 Å². The van der Waals surface area contributed by atoms with Gasteiger partial charge in [0.2, 0.25) is 11.7 Å². The number of ether oxygens (including phenoxy) is 1. The fourth-order valence-electron chi connectivity index (χ4n) is 2.97. The van der Waals surface area contributed by atoms with Gasteiger partial charge in [-0.25, -0.2) is 4.39 Å². The van der Waals surface area contributed by atoms with Gasteiger partial charge in [-0.2, -0.15) is 4.80 Å². The summed E-state index contributed by atoms with van der Waals surface area (Å²) in [4.78, 5) is 16.0. The minimum atomic E-state index is -0.329. The number of benzene rings is 2. The van der Waals surface area contributed by atoms with Crippen LogP contribution in [0.3, 0.4) is 0 Å². The number of hydrogen-bond acceptors (Lipinski definition) is 5. The minimum absolute atomic E-state index is 0.0147. The second-order valence-corrected chi connectivity index (χ2v) is 6.75. The Bertz CT molecular complexity index is 951. The summed E-state index contributed by atoms with van der Waals surface area (Å²) in [5.74, 6) is 0.764. The van der Waals surface area contributed by atoms with E-state index in [1.165, 1.54) is 16.9 Å². The van der Waals surface area contributed by atoms with E-state index < -0.39 is 0 Å². The van der Waals surface area contributed by atoms with Gasteiger partial charge >= 0.3 is 0 Å². The van der Waals surface area contributed by atoms with Crippen molar-refractivity contribution < 1.29 is 13.9 Å². The van der Waals surface area contributed by atoms with Crippen molar-refractivity contribution in [3.05, 3.63) is 59.9 Å². The molecule has 0 aliphatic heterocycles. The van der Waals surface area contributed by atoms with Gasteiger partial charge in [-0.05, 0) is 60.0 Å². The number of halogens is 1. The van der Waals surface area contributed by atoms with E-state index in [2.05, 4.69) is 15.4 Å². The molecule has 0 spiro atoms. The number of tetrazole rings is 1. The molecule has 28 heavy (non-hydrogen) atoms. The molecule has 1 heterocycles. The summed E-state index contributed by atoms with van der Waals surface area (Å²) in [6, 6.07) is 13.8. The first-order chi connectivity index (χ1) is 13.6. The molecular formula is C20H20FN5O2. The molecule has 1 amide bonds. The molecule has 0 unspecified atom stereocenters. The highest BCUT2D eigenvalue weighted by atomic mass is 19.1. The van der Waals surface area contributed by atoms with Gasteiger partial charge in [0.1, 0.15) is 18.1 Å². The molecule has 0 radical (unpaired) electrons. The molecule has 1 fully saturated rings. The van der Waals surface area contributed by atoms with Crippen LogP contribution in [0.4, 0.5) is 4.39 Å². The van der Waals surface area contributed by atoms with Crippen LogP contribution >= 0.6 is 0 Å². The summed E-state index contributed by atoms with van der Waals surface area (Å²) in [5.41, 5.74) is 1.69. The average Bonchev–Trinajstić information content (AvgIpc) is 3.45. The molecule has 1 aromatic heterocycles. The van der Waals surface area contributed by atoms with Crippen molar-refractivity contribution in [3.63, 3.8) is 0 Å². The van der Waals surface area contributed by atoms with E-state index in [1.54, 1.807) is 19.2 Å². The number of amides is 1. The molecule has 1 saturated carbocycles. The van der Waals surface area contributed by atoms with E-state index in [9.17, 15) is 9.18 Å². The second-order valence-electron chi connectivity index (χ2n) is 6.75. The zero-order valence-corrected chi connectivity index (χ0v) is 15.5. The lowest BCUT2D eigenvalue weighted by Gasteiger charge is -2.22. The van der Waals surface area contributed by atoms with Crippen LogP contribution < -0.4 is 4.74 Å². The number of carbonyl (C=O) groups excluding carboxylic acids is 1. The summed E-state index contributed by atoms with van der Waals surface area (Å²) in [7, 11) is 1.63. The van der Waals surface area contributed by atoms with E-state index in [-0.39, 0.29) is 24.3 Å². The zero-order chi connectivity index (χ0) is 19.5. The van der Waals surface area contributed by atoms with Gasteiger partial charge in [0.05, 0.1) is 7.11 Å². The van der Waals surface area contributed by atoms with Crippen molar-refractivity contribution >= 4 is 5.91 Å². The normalized spacial score (nSPS) is 13.4. The fraction of sp³-hybridized carbons (Fsp3) is 0.300. The SMILES string of the molecule is COc1ccc(CN(C(=O)Cn2nnc(-c3ccc(F)cc3)n2)C2CC2)cc1. The molecular weight excluding hydrogens is 361 g/mol. The molecule has 3 aromatic rings. The van der Waals surface area contributed by atoms with Crippen molar-refractivity contribution in [2.75, 3.05) is 7.11 Å². The molecule has 8 heteroatoms. The number of aromatic nitrogens is 4. The molecule has 0 saturated heterocycles. The number of rotatable bonds is 7. The molecule has 1 aliphatic carbocycles. The summed E-state index contributed by atoms with van der Waals surface area (Å²) in [6.45, 7) is 0.549. The summed E-state index contributed by atoms with van der Waals surface area (Å²) in [5, 5.41) is 12.2. The summed E-state index contributed by atoms with van der Waals surface area (Å²) >= 11 is 0. The van der Waals surface area contributed by atoms with Crippen molar-refractivity contribution in [1.82, 2.24) is 25.1 Å². The van der Waals surface area contributed by atoms with Gasteiger partial charge in [0, 0.05) is 18.2 Å². The molecule has 144 valence electrons. The Kier molecular flexibility index (Phi) is 5.01. The van der Waals surface area contributed by atoms with Crippen LogP contribution in [0.25, 0.3) is 11.4 Å². The maximum atomic E-state index is 13.1. The van der Waals surface area contributed by atoms with Crippen LogP contribution in [-0.4, -0.2) is 44.2 Å². The van der Waals surface area contributed by atoms with E-state index in [4.69, 9.17) is 4.74 Å². The van der Waals surface area contributed by atoms with Crippen molar-refractivity contribution in [2.24, 2.45) is 0 Å². The monoisotopic (exact) mass is 381 g/mol. The second kappa shape index (κ2) is 7.75. The van der Waals surface area contributed by atoms with Gasteiger partial charge < -0.3 is 9.64 Å². The van der Waals surface area contributed by atoms with Crippen LogP contribution in [0.2, 0.25) is 0 Å². The third-order valence-corrected chi connectivity index (χ3v) is 4.65. The molecule has 0 bridgehead atoms.